The number of thioether (sulfide) groups is 1. The summed E-state index contributed by atoms with van der Waals surface area (Å²) in [4.78, 5) is 16.8. The van der Waals surface area contributed by atoms with E-state index in [1.54, 1.807) is 0 Å². The van der Waals surface area contributed by atoms with E-state index in [9.17, 15) is 26.7 Å². The van der Waals surface area contributed by atoms with E-state index in [1.165, 1.54) is 42.7 Å². The van der Waals surface area contributed by atoms with Crippen LogP contribution in [-0.2, 0) is 17.3 Å². The zero-order valence-electron chi connectivity index (χ0n) is 19.9. The van der Waals surface area contributed by atoms with Gasteiger partial charge in [-0.3, -0.25) is 4.98 Å². The maximum absolute atomic E-state index is 13.1. The van der Waals surface area contributed by atoms with Gasteiger partial charge in [-0.15, -0.1) is 0 Å². The first-order chi connectivity index (χ1) is 18.5. The van der Waals surface area contributed by atoms with Crippen LogP contribution >= 0.6 is 35.0 Å². The molecule has 0 amide bonds. The van der Waals surface area contributed by atoms with Crippen molar-refractivity contribution in [1.29, 1.82) is 0 Å². The Morgan fingerprint density at radius 1 is 1.05 bits per heavy atom. The van der Waals surface area contributed by atoms with Gasteiger partial charge >= 0.3 is 18.1 Å². The molecule has 1 saturated carbocycles. The molecule has 1 heterocycles. The van der Waals surface area contributed by atoms with Crippen molar-refractivity contribution in [2.24, 2.45) is 5.92 Å². The summed E-state index contributed by atoms with van der Waals surface area (Å²) < 4.78 is 81.2. The third-order valence-corrected chi connectivity index (χ3v) is 7.07. The van der Waals surface area contributed by atoms with Crippen LogP contribution in [0.4, 0.5) is 26.7 Å². The molecule has 13 heteroatoms. The summed E-state index contributed by atoms with van der Waals surface area (Å²) in [5, 5.41) is -0.525. The lowest BCUT2D eigenvalue weighted by Gasteiger charge is -2.21. The third-order valence-electron chi connectivity index (χ3n) is 5.67. The van der Waals surface area contributed by atoms with Crippen molar-refractivity contribution in [2.75, 3.05) is 6.61 Å². The second-order valence-electron chi connectivity index (χ2n) is 8.61. The molecule has 0 saturated heterocycles. The Labute approximate surface area is 234 Å². The first-order valence-electron chi connectivity index (χ1n) is 11.5. The molecule has 0 radical (unpaired) electrons. The molecule has 0 N–H and O–H groups in total. The molecule has 0 spiro atoms. The van der Waals surface area contributed by atoms with Crippen LogP contribution in [-0.4, -0.2) is 23.5 Å². The number of hydrogen-bond donors (Lipinski definition) is 0. The summed E-state index contributed by atoms with van der Waals surface area (Å²) in [6, 6.07) is 8.33. The number of alkyl halides is 5. The second-order valence-corrected chi connectivity index (χ2v) is 10.4. The average molecular weight is 608 g/mol. The Hall–Kier alpha value is -2.76. The Morgan fingerprint density at radius 3 is 2.41 bits per heavy atom. The molecule has 3 aromatic rings. The Kier molecular flexibility index (Phi) is 9.45. The lowest BCUT2D eigenvalue weighted by Crippen LogP contribution is -2.13. The molecule has 4 rings (SSSR count). The average Bonchev–Trinajstić information content (AvgIpc) is 3.69. The van der Waals surface area contributed by atoms with Crippen LogP contribution in [0.1, 0.15) is 35.6 Å². The fourth-order valence-electron chi connectivity index (χ4n) is 3.54. The van der Waals surface area contributed by atoms with Gasteiger partial charge in [-0.2, -0.15) is 22.0 Å². The highest BCUT2D eigenvalue weighted by Crippen LogP contribution is 2.39. The molecular formula is C26H20Cl2F5NO4S. The zero-order valence-corrected chi connectivity index (χ0v) is 22.2. The summed E-state index contributed by atoms with van der Waals surface area (Å²) in [6.45, 7) is -2.80. The molecule has 2 aromatic carbocycles. The highest BCUT2D eigenvalue weighted by atomic mass is 35.5. The van der Waals surface area contributed by atoms with Crippen LogP contribution in [0, 0.1) is 5.92 Å². The van der Waals surface area contributed by atoms with Gasteiger partial charge in [-0.05, 0) is 72.0 Å². The van der Waals surface area contributed by atoms with E-state index in [-0.39, 0.29) is 32.9 Å². The third kappa shape index (κ3) is 8.36. The number of aromatic nitrogens is 1. The number of nitrogens with zero attached hydrogens (tertiary/aromatic N) is 1. The standard InChI is InChI=1S/C26H20Cl2F5NO4S/c27-19-11-34-12-20(28)18(19)10-22(38-25(35)39-17-3-1-2-16(9-17)26(31,32)33)15-6-7-21(37-24(29)30)23(8-15)36-13-14-4-5-14/h1-3,6-9,11-12,14,22,24H,4-5,10,13H2/t22-/m0/s1. The Morgan fingerprint density at radius 2 is 1.77 bits per heavy atom. The van der Waals surface area contributed by atoms with Crippen molar-refractivity contribution in [3.63, 3.8) is 0 Å². The molecule has 1 aromatic heterocycles. The first kappa shape index (κ1) is 29.2. The molecule has 1 aliphatic rings. The van der Waals surface area contributed by atoms with Crippen LogP contribution in [0.25, 0.3) is 0 Å². The fraction of sp³-hybridized carbons (Fsp3) is 0.308. The van der Waals surface area contributed by atoms with Gasteiger partial charge in [0, 0.05) is 23.7 Å². The summed E-state index contributed by atoms with van der Waals surface area (Å²) in [5.41, 5.74) is -0.188. The van der Waals surface area contributed by atoms with Crippen LogP contribution < -0.4 is 9.47 Å². The molecule has 39 heavy (non-hydrogen) atoms. The van der Waals surface area contributed by atoms with Gasteiger partial charge in [0.1, 0.15) is 6.10 Å². The Balaban J connectivity index is 1.63. The number of benzene rings is 2. The maximum atomic E-state index is 13.1. The number of halogens is 7. The van der Waals surface area contributed by atoms with Crippen LogP contribution in [0.15, 0.2) is 59.8 Å². The maximum Gasteiger partial charge on any atom is 0.416 e. The van der Waals surface area contributed by atoms with Crippen molar-refractivity contribution in [3.05, 3.63) is 81.6 Å². The highest BCUT2D eigenvalue weighted by Gasteiger charge is 2.31. The number of carbonyl (C=O) groups is 1. The largest absolute Gasteiger partial charge is 0.489 e. The Bertz CT molecular complexity index is 1300. The predicted molar refractivity (Wildman–Crippen MR) is 136 cm³/mol. The van der Waals surface area contributed by atoms with Gasteiger partial charge in [-0.1, -0.05) is 35.3 Å². The van der Waals surface area contributed by atoms with Crippen LogP contribution in [0.5, 0.6) is 11.5 Å². The number of pyridine rings is 1. The number of rotatable bonds is 10. The van der Waals surface area contributed by atoms with E-state index in [0.29, 0.717) is 35.4 Å². The molecule has 0 unspecified atom stereocenters. The fourth-order valence-corrected chi connectivity index (χ4v) is 4.75. The summed E-state index contributed by atoms with van der Waals surface area (Å²) in [5.74, 6) is 0.135. The normalized spacial score (nSPS) is 14.3. The molecule has 0 aliphatic heterocycles. The van der Waals surface area contributed by atoms with Gasteiger partial charge in [-0.25, -0.2) is 4.79 Å². The van der Waals surface area contributed by atoms with E-state index in [4.69, 9.17) is 32.7 Å². The lowest BCUT2D eigenvalue weighted by molar-refractivity contribution is -0.137. The first-order valence-corrected chi connectivity index (χ1v) is 13.1. The van der Waals surface area contributed by atoms with E-state index < -0.39 is 29.8 Å². The smallest absolute Gasteiger partial charge is 0.416 e. The molecule has 0 bridgehead atoms. The van der Waals surface area contributed by atoms with Crippen molar-refractivity contribution in [3.8, 4) is 11.5 Å². The minimum atomic E-state index is -4.59. The van der Waals surface area contributed by atoms with Crippen LogP contribution in [0.3, 0.4) is 0 Å². The summed E-state index contributed by atoms with van der Waals surface area (Å²) in [7, 11) is 0. The van der Waals surface area contributed by atoms with E-state index in [0.717, 1.165) is 25.0 Å². The van der Waals surface area contributed by atoms with Gasteiger partial charge in [0.25, 0.3) is 0 Å². The minimum Gasteiger partial charge on any atom is -0.489 e. The van der Waals surface area contributed by atoms with Crippen molar-refractivity contribution >= 4 is 40.3 Å². The lowest BCUT2D eigenvalue weighted by atomic mass is 10.0. The highest BCUT2D eigenvalue weighted by molar-refractivity contribution is 8.13. The topological polar surface area (TPSA) is 57.7 Å². The minimum absolute atomic E-state index is 0.0164. The summed E-state index contributed by atoms with van der Waals surface area (Å²) in [6.07, 6.45) is -1.10. The SMILES string of the molecule is O=C(O[C@@H](Cc1c(Cl)cncc1Cl)c1ccc(OC(F)F)c(OCC2CC2)c1)Sc1cccc(C(F)(F)F)c1. The van der Waals surface area contributed by atoms with Crippen molar-refractivity contribution < 1.29 is 41.0 Å². The quantitative estimate of drug-likeness (QED) is 0.130. The number of ether oxygens (including phenoxy) is 3. The molecule has 1 fully saturated rings. The number of carbonyl (C=O) groups excluding carboxylic acids is 1. The molecule has 208 valence electrons. The van der Waals surface area contributed by atoms with E-state index >= 15 is 0 Å². The van der Waals surface area contributed by atoms with Gasteiger partial charge in [0.05, 0.1) is 22.2 Å². The van der Waals surface area contributed by atoms with E-state index in [2.05, 4.69) is 9.72 Å². The van der Waals surface area contributed by atoms with E-state index in [1.807, 2.05) is 0 Å². The second kappa shape index (κ2) is 12.6. The molecular weight excluding hydrogens is 588 g/mol. The summed E-state index contributed by atoms with van der Waals surface area (Å²) >= 11 is 13.0. The van der Waals surface area contributed by atoms with Gasteiger partial charge in [0.2, 0.25) is 0 Å². The van der Waals surface area contributed by atoms with Crippen molar-refractivity contribution in [2.45, 2.75) is 43.0 Å². The molecule has 1 atom stereocenters. The van der Waals surface area contributed by atoms with Gasteiger partial charge < -0.3 is 14.2 Å². The molecule has 5 nitrogen and oxygen atoms in total. The number of hydrogen-bond acceptors (Lipinski definition) is 6. The monoisotopic (exact) mass is 607 g/mol. The zero-order chi connectivity index (χ0) is 28.2. The van der Waals surface area contributed by atoms with Crippen LogP contribution in [0.2, 0.25) is 10.0 Å². The van der Waals surface area contributed by atoms with Gasteiger partial charge in [0.15, 0.2) is 11.5 Å². The molecule has 1 aliphatic carbocycles. The van der Waals surface area contributed by atoms with Crippen molar-refractivity contribution in [1.82, 2.24) is 4.98 Å². The predicted octanol–water partition coefficient (Wildman–Crippen LogP) is 9.01.